The number of carbonyl (C=O) groups is 1. The average Bonchev–Trinajstić information content (AvgIpc) is 3.10. The van der Waals surface area contributed by atoms with Gasteiger partial charge < -0.3 is 19.3 Å². The van der Waals surface area contributed by atoms with Crippen LogP contribution >= 0.6 is 0 Å². The molecule has 0 atom stereocenters. The molecule has 5 heteroatoms. The second-order valence-corrected chi connectivity index (χ2v) is 7.86. The van der Waals surface area contributed by atoms with Gasteiger partial charge in [0.05, 0.1) is 0 Å². The number of rotatable bonds is 12. The predicted octanol–water partition coefficient (Wildman–Crippen LogP) is 3.93. The van der Waals surface area contributed by atoms with E-state index in [0.29, 0.717) is 25.4 Å². The fourth-order valence-corrected chi connectivity index (χ4v) is 4.20. The first-order valence-electron chi connectivity index (χ1n) is 11.4. The van der Waals surface area contributed by atoms with Crippen LogP contribution in [0.4, 0.5) is 0 Å². The van der Waals surface area contributed by atoms with Crippen LogP contribution in [-0.4, -0.2) is 68.1 Å². The maximum atomic E-state index is 12.6. The molecule has 0 aromatic heterocycles. The van der Waals surface area contributed by atoms with Gasteiger partial charge in [0.25, 0.3) is 0 Å². The topological polar surface area (TPSA) is 42.0 Å². The summed E-state index contributed by atoms with van der Waals surface area (Å²) in [7, 11) is 0. The van der Waals surface area contributed by atoms with Crippen LogP contribution in [0.25, 0.3) is 5.57 Å². The molecule has 0 amide bonds. The van der Waals surface area contributed by atoms with Gasteiger partial charge in [-0.3, -0.25) is 4.79 Å². The Labute approximate surface area is 181 Å². The molecule has 0 radical (unpaired) electrons. The highest BCUT2D eigenvalue weighted by molar-refractivity contribution is 6.05. The van der Waals surface area contributed by atoms with E-state index < -0.39 is 0 Å². The van der Waals surface area contributed by atoms with E-state index in [-0.39, 0.29) is 5.78 Å². The van der Waals surface area contributed by atoms with Gasteiger partial charge in [0.2, 0.25) is 5.78 Å². The molecule has 0 unspecified atom stereocenters. The van der Waals surface area contributed by atoms with E-state index in [1.165, 1.54) is 16.7 Å². The zero-order valence-corrected chi connectivity index (χ0v) is 19.0. The van der Waals surface area contributed by atoms with Crippen LogP contribution in [-0.2, 0) is 16.0 Å². The maximum Gasteiger partial charge on any atom is 0.201 e. The van der Waals surface area contributed by atoms with Crippen molar-refractivity contribution in [3.63, 3.8) is 0 Å². The number of nitrogens with zero attached hydrogens (tertiary/aromatic N) is 2. The third kappa shape index (κ3) is 5.32. The molecule has 0 saturated heterocycles. The molecule has 1 aromatic rings. The van der Waals surface area contributed by atoms with Crippen LogP contribution in [0, 0.1) is 0 Å². The number of hydrogen-bond donors (Lipinski definition) is 0. The quantitative estimate of drug-likeness (QED) is 0.520. The highest BCUT2D eigenvalue weighted by atomic mass is 16.5. The van der Waals surface area contributed by atoms with Crippen molar-refractivity contribution in [1.82, 2.24) is 9.80 Å². The molecule has 0 aliphatic heterocycles. The standard InChI is InChI=1S/C25H36N2O3/c1-5-26(6-2)11-13-29-21-9-10-22-19(16-21)15-20-17-25(24(28)18-23(20)22)30-14-12-27(7-3)8-4/h9-10,16-17H,5-8,11-15,18H2,1-4H3. The maximum absolute atomic E-state index is 12.6. The number of likely N-dealkylation sites (N-methyl/N-ethyl adjacent to an activating group) is 2. The molecular weight excluding hydrogens is 376 g/mol. The predicted molar refractivity (Wildman–Crippen MR) is 122 cm³/mol. The van der Waals surface area contributed by atoms with Crippen LogP contribution < -0.4 is 4.74 Å². The van der Waals surface area contributed by atoms with Crippen molar-refractivity contribution in [1.29, 1.82) is 0 Å². The summed E-state index contributed by atoms with van der Waals surface area (Å²) < 4.78 is 11.8. The summed E-state index contributed by atoms with van der Waals surface area (Å²) in [5, 5.41) is 0. The lowest BCUT2D eigenvalue weighted by atomic mass is 9.95. The fourth-order valence-electron chi connectivity index (χ4n) is 4.20. The Morgan fingerprint density at radius 3 is 2.13 bits per heavy atom. The molecule has 1 aromatic carbocycles. The molecule has 0 saturated carbocycles. The lowest BCUT2D eigenvalue weighted by Gasteiger charge is -2.20. The molecule has 0 fully saturated rings. The van der Waals surface area contributed by atoms with E-state index in [0.717, 1.165) is 57.0 Å². The van der Waals surface area contributed by atoms with Crippen molar-refractivity contribution in [3.8, 4) is 5.75 Å². The third-order valence-corrected chi connectivity index (χ3v) is 6.22. The Hall–Kier alpha value is -2.11. The Morgan fingerprint density at radius 1 is 0.867 bits per heavy atom. The molecule has 5 nitrogen and oxygen atoms in total. The molecule has 3 rings (SSSR count). The van der Waals surface area contributed by atoms with Gasteiger partial charge in [-0.2, -0.15) is 0 Å². The number of carbonyl (C=O) groups excluding carboxylic acids is 1. The molecule has 0 heterocycles. The normalized spacial score (nSPS) is 15.5. The number of allylic oxidation sites excluding steroid dienone is 4. The highest BCUT2D eigenvalue weighted by Crippen LogP contribution is 2.40. The summed E-state index contributed by atoms with van der Waals surface area (Å²) in [6.07, 6.45) is 3.24. The molecule has 0 N–H and O–H groups in total. The van der Waals surface area contributed by atoms with Crippen molar-refractivity contribution in [3.05, 3.63) is 46.7 Å². The van der Waals surface area contributed by atoms with Gasteiger partial charge in [-0.1, -0.05) is 33.8 Å². The smallest absolute Gasteiger partial charge is 0.201 e. The minimum atomic E-state index is 0.0840. The zero-order chi connectivity index (χ0) is 21.5. The Balaban J connectivity index is 1.60. The summed E-state index contributed by atoms with van der Waals surface area (Å²) in [6, 6.07) is 6.27. The number of hydrogen-bond acceptors (Lipinski definition) is 5. The molecular formula is C25H36N2O3. The molecule has 0 spiro atoms. The van der Waals surface area contributed by atoms with Crippen LogP contribution in [0.5, 0.6) is 5.75 Å². The summed E-state index contributed by atoms with van der Waals surface area (Å²) in [6.45, 7) is 15.7. The monoisotopic (exact) mass is 412 g/mol. The van der Waals surface area contributed by atoms with Crippen LogP contribution in [0.15, 0.2) is 35.6 Å². The van der Waals surface area contributed by atoms with Gasteiger partial charge in [-0.25, -0.2) is 0 Å². The zero-order valence-electron chi connectivity index (χ0n) is 19.0. The van der Waals surface area contributed by atoms with Gasteiger partial charge in [0.15, 0.2) is 5.76 Å². The second-order valence-electron chi connectivity index (χ2n) is 7.86. The lowest BCUT2D eigenvalue weighted by Crippen LogP contribution is -2.27. The van der Waals surface area contributed by atoms with Gasteiger partial charge in [0.1, 0.15) is 19.0 Å². The van der Waals surface area contributed by atoms with Crippen LogP contribution in [0.1, 0.15) is 45.2 Å². The average molecular weight is 413 g/mol. The van der Waals surface area contributed by atoms with E-state index in [1.807, 2.05) is 12.1 Å². The summed E-state index contributed by atoms with van der Waals surface area (Å²) in [5.74, 6) is 1.51. The summed E-state index contributed by atoms with van der Waals surface area (Å²) >= 11 is 0. The molecule has 2 aliphatic carbocycles. The van der Waals surface area contributed by atoms with E-state index in [2.05, 4.69) is 49.6 Å². The van der Waals surface area contributed by atoms with Crippen molar-refractivity contribution in [2.75, 3.05) is 52.5 Å². The van der Waals surface area contributed by atoms with Crippen molar-refractivity contribution >= 4 is 11.4 Å². The van der Waals surface area contributed by atoms with E-state index >= 15 is 0 Å². The molecule has 2 aliphatic rings. The highest BCUT2D eigenvalue weighted by Gasteiger charge is 2.29. The van der Waals surface area contributed by atoms with Crippen molar-refractivity contribution in [2.24, 2.45) is 0 Å². The van der Waals surface area contributed by atoms with Crippen LogP contribution in [0.3, 0.4) is 0 Å². The van der Waals surface area contributed by atoms with Gasteiger partial charge in [-0.05, 0) is 73.1 Å². The van der Waals surface area contributed by atoms with Crippen molar-refractivity contribution in [2.45, 2.75) is 40.5 Å². The number of fused-ring (bicyclic) bond motifs is 2. The number of Topliss-reactive ketones (excluding diaryl/α,β-unsaturated/α-hetero) is 1. The minimum absolute atomic E-state index is 0.0840. The number of ether oxygens (including phenoxy) is 2. The Bertz CT molecular complexity index is 805. The first kappa shape index (κ1) is 22.6. The first-order chi connectivity index (χ1) is 14.6. The number of benzene rings is 1. The molecule has 30 heavy (non-hydrogen) atoms. The Kier molecular flexibility index (Phi) is 8.11. The third-order valence-electron chi connectivity index (χ3n) is 6.22. The Morgan fingerprint density at radius 2 is 1.50 bits per heavy atom. The van der Waals surface area contributed by atoms with Gasteiger partial charge >= 0.3 is 0 Å². The number of ketones is 1. The molecule has 164 valence electrons. The fraction of sp³-hybridized carbons (Fsp3) is 0.560. The van der Waals surface area contributed by atoms with E-state index in [4.69, 9.17) is 9.47 Å². The molecule has 0 bridgehead atoms. The minimum Gasteiger partial charge on any atom is -0.492 e. The van der Waals surface area contributed by atoms with Crippen molar-refractivity contribution < 1.29 is 14.3 Å². The van der Waals surface area contributed by atoms with E-state index in [1.54, 1.807) is 0 Å². The largest absolute Gasteiger partial charge is 0.492 e. The summed E-state index contributed by atoms with van der Waals surface area (Å²) in [4.78, 5) is 17.3. The van der Waals surface area contributed by atoms with Crippen LogP contribution in [0.2, 0.25) is 0 Å². The van der Waals surface area contributed by atoms with Gasteiger partial charge in [-0.15, -0.1) is 0 Å². The SMILES string of the molecule is CCN(CC)CCOC1=CC2=C(CC1=O)c1ccc(OCCN(CC)CC)cc1C2. The first-order valence-corrected chi connectivity index (χ1v) is 11.4. The van der Waals surface area contributed by atoms with E-state index in [9.17, 15) is 4.79 Å². The lowest BCUT2D eigenvalue weighted by molar-refractivity contribution is -0.118. The summed E-state index contributed by atoms with van der Waals surface area (Å²) in [5.41, 5.74) is 4.80. The van der Waals surface area contributed by atoms with Gasteiger partial charge in [0, 0.05) is 19.5 Å². The second kappa shape index (κ2) is 10.8.